The highest BCUT2D eigenvalue weighted by molar-refractivity contribution is 5.96. The Morgan fingerprint density at radius 2 is 1.64 bits per heavy atom. The molecule has 0 aromatic heterocycles. The van der Waals surface area contributed by atoms with E-state index in [9.17, 15) is 50.4 Å². The first kappa shape index (κ1) is 45.9. The number of phenolic OH excluding ortho intramolecular Hbond substituents is 2. The van der Waals surface area contributed by atoms with Gasteiger partial charge in [0.05, 0.1) is 31.6 Å². The van der Waals surface area contributed by atoms with E-state index in [1.807, 2.05) is 30.3 Å². The molecule has 0 spiro atoms. The van der Waals surface area contributed by atoms with Crippen LogP contribution in [0.4, 0.5) is 5.69 Å². The molecule has 13 N–H and O–H groups in total. The summed E-state index contributed by atoms with van der Waals surface area (Å²) >= 11 is 0. The molecule has 1 heterocycles. The fraction of sp³-hybridized carbons (Fsp3) is 0.447. The number of methoxy groups -OCH3 is 1. The second-order valence-electron chi connectivity index (χ2n) is 13.1. The van der Waals surface area contributed by atoms with Gasteiger partial charge in [0.15, 0.2) is 41.8 Å². The Morgan fingerprint density at radius 3 is 2.31 bits per heavy atom. The highest BCUT2D eigenvalue weighted by Crippen LogP contribution is 2.46. The smallest absolute Gasteiger partial charge is 0.344 e. The molecule has 1 aliphatic heterocycles. The SMILES string of the molecule is COc1cc(C(=O)O[C@H](O)[C@H]2O[C@@H](Oc3cc(N[C@H](C)CO)c(C(=O)O)cc3OCN=C(N)NCCCCO)[C@H](O)[C@@H](O)[C@@H]2O)c(O)c(OCCc2ccccc2)c1O. The van der Waals surface area contributed by atoms with Crippen LogP contribution in [0.1, 0.15) is 46.0 Å². The van der Waals surface area contributed by atoms with Gasteiger partial charge in [-0.25, -0.2) is 14.6 Å². The van der Waals surface area contributed by atoms with E-state index in [-0.39, 0.29) is 47.7 Å². The molecule has 0 unspecified atom stereocenters. The number of unbranched alkanes of at least 4 members (excludes halogenated alkanes) is 1. The van der Waals surface area contributed by atoms with Crippen molar-refractivity contribution in [1.29, 1.82) is 0 Å². The number of nitrogens with two attached hydrogens (primary N) is 1. The van der Waals surface area contributed by atoms with Crippen LogP contribution in [0.25, 0.3) is 0 Å². The molecule has 21 nitrogen and oxygen atoms in total. The van der Waals surface area contributed by atoms with Crippen molar-refractivity contribution in [1.82, 2.24) is 5.32 Å². The molecule has 59 heavy (non-hydrogen) atoms. The van der Waals surface area contributed by atoms with Crippen molar-refractivity contribution in [2.75, 3.05) is 45.5 Å². The number of carbonyl (C=O) groups excluding carboxylic acids is 1. The largest absolute Gasteiger partial charge is 0.504 e. The van der Waals surface area contributed by atoms with Gasteiger partial charge < -0.3 is 90.7 Å². The van der Waals surface area contributed by atoms with Crippen LogP contribution in [0.15, 0.2) is 53.5 Å². The lowest BCUT2D eigenvalue weighted by molar-refractivity contribution is -0.309. The van der Waals surface area contributed by atoms with Crippen molar-refractivity contribution in [3.05, 3.63) is 65.2 Å². The van der Waals surface area contributed by atoms with E-state index in [1.165, 1.54) is 7.11 Å². The van der Waals surface area contributed by atoms with Gasteiger partial charge in [-0.2, -0.15) is 0 Å². The summed E-state index contributed by atoms with van der Waals surface area (Å²) in [6.45, 7) is 0.985. The topological polar surface area (TPSA) is 334 Å². The number of ether oxygens (including phenoxy) is 6. The summed E-state index contributed by atoms with van der Waals surface area (Å²) in [6, 6.07) is 11.5. The second kappa shape index (κ2) is 21.8. The number of benzene rings is 3. The number of rotatable bonds is 21. The quantitative estimate of drug-likeness (QED) is 0.0213. The van der Waals surface area contributed by atoms with Crippen LogP contribution in [-0.2, 0) is 15.9 Å². The first-order valence-corrected chi connectivity index (χ1v) is 18.3. The van der Waals surface area contributed by atoms with Crippen LogP contribution in [0.3, 0.4) is 0 Å². The number of guanidine groups is 1. The molecule has 21 heteroatoms. The molecular formula is C38H50N4O17. The Balaban J connectivity index is 1.57. The molecule has 324 valence electrons. The minimum Gasteiger partial charge on any atom is -0.504 e. The average Bonchev–Trinajstić information content (AvgIpc) is 3.21. The number of anilines is 1. The summed E-state index contributed by atoms with van der Waals surface area (Å²) in [5.41, 5.74) is 5.66. The zero-order valence-corrected chi connectivity index (χ0v) is 32.1. The standard InChI is InChI=1S/C38H50N4O17/c1-19(17-44)42-23-16-25(24(14-21(23)34(50)51)56-18-41-38(39)40-11-6-7-12-43)57-37-31(49)29(47)30(48)33(58-37)36(53)59-35(52)22-15-26(54-2)28(46)32(27(22)45)55-13-10-20-8-4-3-5-9-20/h3-5,8-9,14-16,19,29-31,33,36-37,42-49,53H,6-7,10-13,17-18H2,1-2H3,(H,50,51)(H3,39,40,41)/t19-,29+,30+,31-,33+,36+,37-/m1/s1. The minimum absolute atomic E-state index is 0.00841. The molecule has 7 atom stereocenters. The highest BCUT2D eigenvalue weighted by Gasteiger charge is 2.49. The van der Waals surface area contributed by atoms with Gasteiger partial charge in [-0.3, -0.25) is 0 Å². The number of aliphatic hydroxyl groups excluding tert-OH is 6. The van der Waals surface area contributed by atoms with Crippen molar-refractivity contribution in [3.8, 4) is 34.5 Å². The van der Waals surface area contributed by atoms with Crippen molar-refractivity contribution < 1.29 is 84.0 Å². The van der Waals surface area contributed by atoms with Gasteiger partial charge >= 0.3 is 11.9 Å². The number of nitrogens with one attached hydrogen (secondary N) is 2. The molecule has 1 fully saturated rings. The average molecular weight is 835 g/mol. The molecule has 4 rings (SSSR count). The number of carboxylic acids is 1. The van der Waals surface area contributed by atoms with Gasteiger partial charge in [0.1, 0.15) is 23.9 Å². The van der Waals surface area contributed by atoms with Crippen molar-refractivity contribution in [2.45, 2.75) is 69.2 Å². The van der Waals surface area contributed by atoms with E-state index in [2.05, 4.69) is 15.6 Å². The monoisotopic (exact) mass is 834 g/mol. The number of aromatic hydroxyl groups is 2. The van der Waals surface area contributed by atoms with Gasteiger partial charge in [0.25, 0.3) is 0 Å². The third kappa shape index (κ3) is 12.1. The lowest BCUT2D eigenvalue weighted by Gasteiger charge is -2.41. The van der Waals surface area contributed by atoms with Gasteiger partial charge in [-0.15, -0.1) is 0 Å². The summed E-state index contributed by atoms with van der Waals surface area (Å²) in [6.07, 6.45) is -11.2. The predicted molar refractivity (Wildman–Crippen MR) is 206 cm³/mol. The Morgan fingerprint density at radius 1 is 0.932 bits per heavy atom. The molecule has 3 aromatic rings. The van der Waals surface area contributed by atoms with Crippen LogP contribution in [0.2, 0.25) is 0 Å². The van der Waals surface area contributed by atoms with E-state index < -0.39 is 91.1 Å². The van der Waals surface area contributed by atoms with Crippen molar-refractivity contribution in [2.24, 2.45) is 10.7 Å². The molecule has 1 saturated heterocycles. The molecule has 0 bridgehead atoms. The van der Waals surface area contributed by atoms with E-state index in [0.717, 1.165) is 23.8 Å². The molecule has 3 aromatic carbocycles. The number of carboxylic acid groups (broad SMARTS) is 1. The number of aliphatic hydroxyl groups is 6. The van der Waals surface area contributed by atoms with E-state index in [0.29, 0.717) is 25.8 Å². The van der Waals surface area contributed by atoms with Crippen molar-refractivity contribution in [3.63, 3.8) is 0 Å². The van der Waals surface area contributed by atoms with Gasteiger partial charge in [-0.1, -0.05) is 30.3 Å². The summed E-state index contributed by atoms with van der Waals surface area (Å²) in [5.74, 6) is -5.85. The fourth-order valence-electron chi connectivity index (χ4n) is 5.60. The first-order valence-electron chi connectivity index (χ1n) is 18.3. The highest BCUT2D eigenvalue weighted by atomic mass is 16.7. The minimum atomic E-state index is -2.41. The predicted octanol–water partition coefficient (Wildman–Crippen LogP) is -0.406. The maximum Gasteiger partial charge on any atom is 0.344 e. The van der Waals surface area contributed by atoms with E-state index in [4.69, 9.17) is 39.3 Å². The second-order valence-corrected chi connectivity index (χ2v) is 13.1. The number of carbonyl (C=O) groups is 2. The van der Waals surface area contributed by atoms with E-state index >= 15 is 0 Å². The van der Waals surface area contributed by atoms with Gasteiger partial charge in [0.2, 0.25) is 24.1 Å². The maximum absolute atomic E-state index is 13.3. The Bertz CT molecular complexity index is 1880. The number of esters is 1. The molecule has 1 aliphatic rings. The lowest BCUT2D eigenvalue weighted by Crippen LogP contribution is -2.62. The van der Waals surface area contributed by atoms with Crippen LogP contribution >= 0.6 is 0 Å². The number of hydrogen-bond acceptors (Lipinski definition) is 18. The van der Waals surface area contributed by atoms with Crippen molar-refractivity contribution >= 4 is 23.6 Å². The fourth-order valence-corrected chi connectivity index (χ4v) is 5.60. The number of aromatic carboxylic acids is 1. The Kier molecular flexibility index (Phi) is 17.0. The number of aliphatic imine (C=N–C) groups is 1. The third-order valence-electron chi connectivity index (χ3n) is 8.81. The first-order chi connectivity index (χ1) is 28.2. The van der Waals surface area contributed by atoms with Crippen LogP contribution in [0.5, 0.6) is 34.5 Å². The van der Waals surface area contributed by atoms with Gasteiger partial charge in [-0.05, 0) is 25.3 Å². The molecular weight excluding hydrogens is 784 g/mol. The maximum atomic E-state index is 13.3. The summed E-state index contributed by atoms with van der Waals surface area (Å²) in [5, 5.41) is 99.2. The molecule has 0 radical (unpaired) electrons. The lowest BCUT2D eigenvalue weighted by atomic mass is 9.98. The molecule has 0 aliphatic carbocycles. The zero-order chi connectivity index (χ0) is 43.2. The zero-order valence-electron chi connectivity index (χ0n) is 32.1. The number of nitrogens with zero attached hydrogens (tertiary/aromatic N) is 1. The number of phenols is 2. The summed E-state index contributed by atoms with van der Waals surface area (Å²) in [7, 11) is 1.17. The number of hydrogen-bond donors (Lipinski definition) is 12. The molecule has 0 amide bonds. The van der Waals surface area contributed by atoms with Crippen LogP contribution in [0, 0.1) is 0 Å². The normalized spacial score (nSPS) is 20.2. The molecule has 0 saturated carbocycles. The van der Waals surface area contributed by atoms with Crippen LogP contribution < -0.4 is 35.3 Å². The Labute approximate surface area is 337 Å². The van der Waals surface area contributed by atoms with E-state index in [1.54, 1.807) is 6.92 Å². The summed E-state index contributed by atoms with van der Waals surface area (Å²) in [4.78, 5) is 29.6. The Hall–Kier alpha value is -5.81. The van der Waals surface area contributed by atoms with Gasteiger partial charge in [0, 0.05) is 43.8 Å². The van der Waals surface area contributed by atoms with Crippen LogP contribution in [-0.4, -0.2) is 147 Å². The summed E-state index contributed by atoms with van der Waals surface area (Å²) < 4.78 is 32.9. The third-order valence-corrected chi connectivity index (χ3v) is 8.81.